The molecule has 1 aliphatic rings. The van der Waals surface area contributed by atoms with Crippen molar-refractivity contribution in [3.05, 3.63) is 16.4 Å². The van der Waals surface area contributed by atoms with Gasteiger partial charge in [0, 0.05) is 19.2 Å². The maximum atomic E-state index is 11.4. The topological polar surface area (TPSA) is 64.0 Å². The number of aryl methyl sites for hydroxylation is 1. The molecular formula is C13H22ClN3O2S. The van der Waals surface area contributed by atoms with Crippen LogP contribution < -0.4 is 5.32 Å². The summed E-state index contributed by atoms with van der Waals surface area (Å²) in [4.78, 5) is 0. The quantitative estimate of drug-likeness (QED) is 0.897. The Balaban J connectivity index is 1.95. The number of nitrogens with one attached hydrogen (secondary N) is 1. The highest BCUT2D eigenvalue weighted by Gasteiger charge is 2.27. The van der Waals surface area contributed by atoms with E-state index in [1.165, 1.54) is 0 Å². The van der Waals surface area contributed by atoms with Gasteiger partial charge in [0.2, 0.25) is 0 Å². The van der Waals surface area contributed by atoms with Crippen LogP contribution in [0.15, 0.2) is 0 Å². The Morgan fingerprint density at radius 1 is 1.50 bits per heavy atom. The third-order valence-electron chi connectivity index (χ3n) is 3.71. The molecule has 1 saturated heterocycles. The summed E-state index contributed by atoms with van der Waals surface area (Å²) in [7, 11) is -0.964. The van der Waals surface area contributed by atoms with E-state index in [0.29, 0.717) is 35.7 Å². The lowest BCUT2D eigenvalue weighted by molar-refractivity contribution is 0.519. The fourth-order valence-corrected chi connectivity index (χ4v) is 4.69. The maximum absolute atomic E-state index is 11.4. The van der Waals surface area contributed by atoms with Crippen molar-refractivity contribution in [3.8, 4) is 0 Å². The number of hydrogen-bond donors (Lipinski definition) is 1. The molecule has 1 aromatic rings. The van der Waals surface area contributed by atoms with Crippen LogP contribution in [0.4, 0.5) is 0 Å². The van der Waals surface area contributed by atoms with Crippen LogP contribution >= 0.6 is 11.6 Å². The Hall–Kier alpha value is -0.590. The number of nitrogens with zero attached hydrogens (tertiary/aromatic N) is 2. The number of halogens is 1. The van der Waals surface area contributed by atoms with Crippen LogP contribution in [0.5, 0.6) is 0 Å². The van der Waals surface area contributed by atoms with Crippen LogP contribution in [0.1, 0.15) is 37.4 Å². The zero-order chi connectivity index (χ0) is 14.9. The van der Waals surface area contributed by atoms with Crippen LogP contribution in [-0.2, 0) is 23.4 Å². The van der Waals surface area contributed by atoms with Gasteiger partial charge in [-0.1, -0.05) is 25.4 Å². The SMILES string of the molecule is CC(C)c1nn(C)c(Cl)c1CNCC1CCS(=O)(=O)C1. The summed E-state index contributed by atoms with van der Waals surface area (Å²) in [5.41, 5.74) is 2.02. The fraction of sp³-hybridized carbons (Fsp3) is 0.769. The van der Waals surface area contributed by atoms with E-state index in [4.69, 9.17) is 11.6 Å². The summed E-state index contributed by atoms with van der Waals surface area (Å²) in [5, 5.41) is 8.41. The van der Waals surface area contributed by atoms with E-state index in [-0.39, 0.29) is 5.92 Å². The fourth-order valence-electron chi connectivity index (χ4n) is 2.63. The van der Waals surface area contributed by atoms with E-state index in [1.807, 2.05) is 7.05 Å². The summed E-state index contributed by atoms with van der Waals surface area (Å²) in [6.07, 6.45) is 0.757. The molecule has 0 radical (unpaired) electrons. The van der Waals surface area contributed by atoms with Gasteiger partial charge in [-0.25, -0.2) is 8.42 Å². The van der Waals surface area contributed by atoms with Crippen molar-refractivity contribution >= 4 is 21.4 Å². The van der Waals surface area contributed by atoms with E-state index < -0.39 is 9.84 Å². The lowest BCUT2D eigenvalue weighted by Gasteiger charge is -2.11. The molecule has 7 heteroatoms. The lowest BCUT2D eigenvalue weighted by Crippen LogP contribution is -2.23. The van der Waals surface area contributed by atoms with Gasteiger partial charge in [-0.2, -0.15) is 5.10 Å². The molecule has 1 atom stereocenters. The largest absolute Gasteiger partial charge is 0.312 e. The predicted molar refractivity (Wildman–Crippen MR) is 80.8 cm³/mol. The van der Waals surface area contributed by atoms with Gasteiger partial charge in [0.1, 0.15) is 5.15 Å². The predicted octanol–water partition coefficient (Wildman–Crippen LogP) is 1.72. The minimum atomic E-state index is -2.80. The molecular weight excluding hydrogens is 298 g/mol. The van der Waals surface area contributed by atoms with Crippen molar-refractivity contribution in [1.29, 1.82) is 0 Å². The third-order valence-corrected chi connectivity index (χ3v) is 6.02. The van der Waals surface area contributed by atoms with Crippen molar-refractivity contribution in [3.63, 3.8) is 0 Å². The molecule has 114 valence electrons. The molecule has 1 fully saturated rings. The van der Waals surface area contributed by atoms with Crippen LogP contribution in [-0.4, -0.2) is 36.2 Å². The summed E-state index contributed by atoms with van der Waals surface area (Å²) in [6.45, 7) is 5.52. The average Bonchev–Trinajstić information content (AvgIpc) is 2.83. The van der Waals surface area contributed by atoms with Gasteiger partial charge < -0.3 is 5.32 Å². The molecule has 0 spiro atoms. The van der Waals surface area contributed by atoms with Gasteiger partial charge in [-0.05, 0) is 24.8 Å². The molecule has 5 nitrogen and oxygen atoms in total. The van der Waals surface area contributed by atoms with E-state index in [2.05, 4.69) is 24.3 Å². The molecule has 2 heterocycles. The third kappa shape index (κ3) is 3.54. The Bertz CT molecular complexity index is 581. The van der Waals surface area contributed by atoms with E-state index in [1.54, 1.807) is 4.68 Å². The Labute approximate surface area is 125 Å². The zero-order valence-electron chi connectivity index (χ0n) is 12.2. The molecule has 1 aromatic heterocycles. The van der Waals surface area contributed by atoms with Crippen molar-refractivity contribution in [2.75, 3.05) is 18.1 Å². The van der Waals surface area contributed by atoms with Crippen molar-refractivity contribution in [1.82, 2.24) is 15.1 Å². The average molecular weight is 320 g/mol. The molecule has 0 saturated carbocycles. The lowest BCUT2D eigenvalue weighted by atomic mass is 10.1. The molecule has 0 amide bonds. The van der Waals surface area contributed by atoms with Crippen molar-refractivity contribution < 1.29 is 8.42 Å². The van der Waals surface area contributed by atoms with Gasteiger partial charge in [-0.15, -0.1) is 0 Å². The summed E-state index contributed by atoms with van der Waals surface area (Å²) >= 11 is 6.26. The summed E-state index contributed by atoms with van der Waals surface area (Å²) in [5.74, 6) is 1.16. The van der Waals surface area contributed by atoms with Crippen LogP contribution in [0, 0.1) is 5.92 Å². The zero-order valence-corrected chi connectivity index (χ0v) is 13.8. The first kappa shape index (κ1) is 15.8. The first-order valence-electron chi connectivity index (χ1n) is 6.92. The normalized spacial score (nSPS) is 21.8. The Kier molecular flexibility index (Phi) is 4.76. The van der Waals surface area contributed by atoms with Crippen LogP contribution in [0.2, 0.25) is 5.15 Å². The standard InChI is InChI=1S/C13H22ClN3O2S/c1-9(2)12-11(13(14)17(3)16-12)7-15-6-10-4-5-20(18,19)8-10/h9-10,15H,4-8H2,1-3H3. The Morgan fingerprint density at radius 3 is 2.75 bits per heavy atom. The van der Waals surface area contributed by atoms with Gasteiger partial charge in [-0.3, -0.25) is 4.68 Å². The molecule has 1 aliphatic heterocycles. The second-order valence-electron chi connectivity index (χ2n) is 5.83. The second-order valence-corrected chi connectivity index (χ2v) is 8.42. The van der Waals surface area contributed by atoms with Crippen molar-refractivity contribution in [2.45, 2.75) is 32.7 Å². The minimum Gasteiger partial charge on any atom is -0.312 e. The van der Waals surface area contributed by atoms with E-state index in [0.717, 1.165) is 17.7 Å². The molecule has 1 unspecified atom stereocenters. The monoisotopic (exact) mass is 319 g/mol. The number of rotatable bonds is 5. The molecule has 0 aromatic carbocycles. The maximum Gasteiger partial charge on any atom is 0.150 e. The Morgan fingerprint density at radius 2 is 2.20 bits per heavy atom. The van der Waals surface area contributed by atoms with Gasteiger partial charge in [0.05, 0.1) is 17.2 Å². The van der Waals surface area contributed by atoms with E-state index >= 15 is 0 Å². The van der Waals surface area contributed by atoms with Gasteiger partial charge in [0.15, 0.2) is 9.84 Å². The first-order chi connectivity index (χ1) is 9.30. The highest BCUT2D eigenvalue weighted by Crippen LogP contribution is 2.25. The van der Waals surface area contributed by atoms with Crippen LogP contribution in [0.25, 0.3) is 0 Å². The summed E-state index contributed by atoms with van der Waals surface area (Å²) in [6, 6.07) is 0. The minimum absolute atomic E-state index is 0.220. The molecule has 0 aliphatic carbocycles. The molecule has 20 heavy (non-hydrogen) atoms. The molecule has 2 rings (SSSR count). The van der Waals surface area contributed by atoms with Crippen molar-refractivity contribution in [2.24, 2.45) is 13.0 Å². The highest BCUT2D eigenvalue weighted by molar-refractivity contribution is 7.91. The summed E-state index contributed by atoms with van der Waals surface area (Å²) < 4.78 is 24.5. The van der Waals surface area contributed by atoms with Gasteiger partial charge in [0.25, 0.3) is 0 Å². The molecule has 0 bridgehead atoms. The highest BCUT2D eigenvalue weighted by atomic mass is 35.5. The van der Waals surface area contributed by atoms with Crippen LogP contribution in [0.3, 0.4) is 0 Å². The smallest absolute Gasteiger partial charge is 0.150 e. The number of aromatic nitrogens is 2. The van der Waals surface area contributed by atoms with E-state index in [9.17, 15) is 8.42 Å². The second kappa shape index (κ2) is 6.03. The number of sulfone groups is 1. The first-order valence-corrected chi connectivity index (χ1v) is 9.12. The molecule has 1 N–H and O–H groups in total. The van der Waals surface area contributed by atoms with Gasteiger partial charge >= 0.3 is 0 Å². The number of hydrogen-bond acceptors (Lipinski definition) is 4.